The lowest BCUT2D eigenvalue weighted by molar-refractivity contribution is -0.107. The molecule has 1 heterocycles. The van der Waals surface area contributed by atoms with Crippen molar-refractivity contribution in [1.82, 2.24) is 4.90 Å². The Morgan fingerprint density at radius 1 is 1.82 bits per heavy atom. The molecule has 2 nitrogen and oxygen atoms in total. The van der Waals surface area contributed by atoms with E-state index < -0.39 is 0 Å². The Hall–Kier alpha value is -0.630. The lowest BCUT2D eigenvalue weighted by Gasteiger charge is -2.10. The minimum Gasteiger partial charge on any atom is -0.306 e. The van der Waals surface area contributed by atoms with Crippen molar-refractivity contribution < 1.29 is 4.79 Å². The molecular formula is C9H15NO. The molecule has 1 atom stereocenters. The van der Waals surface area contributed by atoms with E-state index in [-0.39, 0.29) is 0 Å². The third-order valence-electron chi connectivity index (χ3n) is 2.31. The lowest BCUT2D eigenvalue weighted by Crippen LogP contribution is -2.14. The Labute approximate surface area is 67.9 Å². The zero-order chi connectivity index (χ0) is 8.27. The van der Waals surface area contributed by atoms with Gasteiger partial charge in [-0.15, -0.1) is 0 Å². The first kappa shape index (κ1) is 8.47. The largest absolute Gasteiger partial charge is 0.306 e. The molecule has 1 unspecified atom stereocenters. The predicted octanol–water partition coefficient (Wildman–Crippen LogP) is 1.08. The van der Waals surface area contributed by atoms with Gasteiger partial charge in [0.05, 0.1) is 0 Å². The van der Waals surface area contributed by atoms with Gasteiger partial charge in [0.15, 0.2) is 0 Å². The Kier molecular flexibility index (Phi) is 2.83. The topological polar surface area (TPSA) is 20.3 Å². The van der Waals surface area contributed by atoms with Crippen LogP contribution in [0.3, 0.4) is 0 Å². The second kappa shape index (κ2) is 3.67. The summed E-state index contributed by atoms with van der Waals surface area (Å²) in [6.07, 6.45) is 2.66. The number of carbonyl (C=O) groups is 1. The molecule has 0 amide bonds. The summed E-state index contributed by atoms with van der Waals surface area (Å²) in [5.41, 5.74) is 1.10. The molecule has 0 spiro atoms. The van der Waals surface area contributed by atoms with Crippen molar-refractivity contribution in [1.29, 1.82) is 0 Å². The van der Waals surface area contributed by atoms with E-state index in [0.29, 0.717) is 12.3 Å². The number of rotatable bonds is 3. The molecule has 62 valence electrons. The van der Waals surface area contributed by atoms with Gasteiger partial charge in [-0.05, 0) is 25.9 Å². The monoisotopic (exact) mass is 153 g/mol. The fraction of sp³-hybridized carbons (Fsp3) is 0.667. The van der Waals surface area contributed by atoms with Crippen LogP contribution in [0.25, 0.3) is 0 Å². The van der Waals surface area contributed by atoms with E-state index in [4.69, 9.17) is 0 Å². The molecule has 0 aromatic rings. The Bertz CT molecular complexity index is 165. The minimum absolute atomic E-state index is 0.540. The third-order valence-corrected chi connectivity index (χ3v) is 2.31. The summed E-state index contributed by atoms with van der Waals surface area (Å²) >= 11 is 0. The second-order valence-corrected chi connectivity index (χ2v) is 3.28. The van der Waals surface area contributed by atoms with E-state index in [1.807, 2.05) is 0 Å². The molecule has 0 aliphatic carbocycles. The normalized spacial score (nSPS) is 25.4. The van der Waals surface area contributed by atoms with Crippen molar-refractivity contribution in [3.8, 4) is 0 Å². The van der Waals surface area contributed by atoms with E-state index in [1.165, 1.54) is 6.42 Å². The molecule has 11 heavy (non-hydrogen) atoms. The van der Waals surface area contributed by atoms with Gasteiger partial charge in [0.1, 0.15) is 6.29 Å². The molecule has 1 fully saturated rings. The summed E-state index contributed by atoms with van der Waals surface area (Å²) in [7, 11) is 2.11. The standard InChI is InChI=1S/C9H15NO/c1-8(4-6-11)9-3-5-10(2)7-9/h6,9H,1,3-5,7H2,2H3. The quantitative estimate of drug-likeness (QED) is 0.447. The van der Waals surface area contributed by atoms with E-state index in [9.17, 15) is 4.79 Å². The highest BCUT2D eigenvalue weighted by Gasteiger charge is 2.20. The van der Waals surface area contributed by atoms with Crippen LogP contribution in [0.2, 0.25) is 0 Å². The van der Waals surface area contributed by atoms with Crippen molar-refractivity contribution >= 4 is 6.29 Å². The Balaban J connectivity index is 2.36. The van der Waals surface area contributed by atoms with Gasteiger partial charge in [-0.1, -0.05) is 12.2 Å². The van der Waals surface area contributed by atoms with Gasteiger partial charge < -0.3 is 9.69 Å². The van der Waals surface area contributed by atoms with Gasteiger partial charge in [0.2, 0.25) is 0 Å². The average molecular weight is 153 g/mol. The van der Waals surface area contributed by atoms with Gasteiger partial charge in [0.25, 0.3) is 0 Å². The summed E-state index contributed by atoms with van der Waals surface area (Å²) < 4.78 is 0. The SMILES string of the molecule is C=C(CC=O)C1CCN(C)C1. The fourth-order valence-corrected chi connectivity index (χ4v) is 1.54. The molecule has 0 N–H and O–H groups in total. The third kappa shape index (κ3) is 2.15. The van der Waals surface area contributed by atoms with Gasteiger partial charge >= 0.3 is 0 Å². The highest BCUT2D eigenvalue weighted by molar-refractivity contribution is 5.54. The number of hydrogen-bond acceptors (Lipinski definition) is 2. The predicted molar refractivity (Wildman–Crippen MR) is 45.4 cm³/mol. The van der Waals surface area contributed by atoms with Crippen molar-refractivity contribution in [3.05, 3.63) is 12.2 Å². The first-order valence-corrected chi connectivity index (χ1v) is 4.04. The van der Waals surface area contributed by atoms with Crippen LogP contribution in [-0.2, 0) is 4.79 Å². The summed E-state index contributed by atoms with van der Waals surface area (Å²) in [4.78, 5) is 12.5. The molecule has 0 radical (unpaired) electrons. The van der Waals surface area contributed by atoms with Crippen molar-refractivity contribution in [3.63, 3.8) is 0 Å². The number of carbonyl (C=O) groups excluding carboxylic acids is 1. The first-order chi connectivity index (χ1) is 5.24. The molecule has 0 aromatic carbocycles. The number of likely N-dealkylation sites (tertiary alicyclic amines) is 1. The molecule has 1 aliphatic rings. The van der Waals surface area contributed by atoms with Crippen LogP contribution in [0.15, 0.2) is 12.2 Å². The molecule has 1 saturated heterocycles. The lowest BCUT2D eigenvalue weighted by atomic mass is 9.98. The Morgan fingerprint density at radius 3 is 3.00 bits per heavy atom. The van der Waals surface area contributed by atoms with Crippen LogP contribution in [0.1, 0.15) is 12.8 Å². The summed E-state index contributed by atoms with van der Waals surface area (Å²) in [6.45, 7) is 6.12. The van der Waals surface area contributed by atoms with Crippen molar-refractivity contribution in [2.24, 2.45) is 5.92 Å². The smallest absolute Gasteiger partial charge is 0.124 e. The zero-order valence-corrected chi connectivity index (χ0v) is 7.05. The maximum Gasteiger partial charge on any atom is 0.124 e. The molecule has 0 aromatic heterocycles. The summed E-state index contributed by atoms with van der Waals surface area (Å²) in [5.74, 6) is 0.560. The Morgan fingerprint density at radius 2 is 2.55 bits per heavy atom. The van der Waals surface area contributed by atoms with Crippen LogP contribution in [0, 0.1) is 5.92 Å². The molecule has 0 saturated carbocycles. The molecule has 0 bridgehead atoms. The zero-order valence-electron chi connectivity index (χ0n) is 7.05. The molecule has 2 heteroatoms. The number of nitrogens with zero attached hydrogens (tertiary/aromatic N) is 1. The average Bonchev–Trinajstić information content (AvgIpc) is 2.36. The highest BCUT2D eigenvalue weighted by atomic mass is 16.1. The van der Waals surface area contributed by atoms with Crippen LogP contribution in [0.4, 0.5) is 0 Å². The van der Waals surface area contributed by atoms with E-state index in [2.05, 4.69) is 18.5 Å². The van der Waals surface area contributed by atoms with Crippen LogP contribution in [-0.4, -0.2) is 31.3 Å². The number of aldehydes is 1. The molecular weight excluding hydrogens is 138 g/mol. The number of hydrogen-bond donors (Lipinski definition) is 0. The molecule has 1 aliphatic heterocycles. The van der Waals surface area contributed by atoms with Crippen LogP contribution < -0.4 is 0 Å². The van der Waals surface area contributed by atoms with Gasteiger partial charge in [-0.3, -0.25) is 0 Å². The fourth-order valence-electron chi connectivity index (χ4n) is 1.54. The minimum atomic E-state index is 0.540. The maximum absolute atomic E-state index is 10.2. The van der Waals surface area contributed by atoms with Gasteiger partial charge in [-0.25, -0.2) is 0 Å². The van der Waals surface area contributed by atoms with E-state index in [1.54, 1.807) is 0 Å². The van der Waals surface area contributed by atoms with Crippen LogP contribution >= 0.6 is 0 Å². The first-order valence-electron chi connectivity index (χ1n) is 4.04. The highest BCUT2D eigenvalue weighted by Crippen LogP contribution is 2.22. The van der Waals surface area contributed by atoms with Gasteiger partial charge in [0, 0.05) is 13.0 Å². The molecule has 1 rings (SSSR count). The van der Waals surface area contributed by atoms with Crippen LogP contribution in [0.5, 0.6) is 0 Å². The second-order valence-electron chi connectivity index (χ2n) is 3.28. The summed E-state index contributed by atoms with van der Waals surface area (Å²) in [5, 5.41) is 0. The van der Waals surface area contributed by atoms with E-state index in [0.717, 1.165) is 24.9 Å². The summed E-state index contributed by atoms with van der Waals surface area (Å²) in [6, 6.07) is 0. The van der Waals surface area contributed by atoms with Crippen molar-refractivity contribution in [2.75, 3.05) is 20.1 Å². The van der Waals surface area contributed by atoms with E-state index >= 15 is 0 Å². The van der Waals surface area contributed by atoms with Crippen molar-refractivity contribution in [2.45, 2.75) is 12.8 Å². The van der Waals surface area contributed by atoms with Gasteiger partial charge in [-0.2, -0.15) is 0 Å². The maximum atomic E-state index is 10.2.